The van der Waals surface area contributed by atoms with Gasteiger partial charge in [-0.15, -0.1) is 0 Å². The molecule has 0 unspecified atom stereocenters. The lowest BCUT2D eigenvalue weighted by atomic mass is 10.1. The van der Waals surface area contributed by atoms with Crippen molar-refractivity contribution in [2.45, 2.75) is 6.42 Å². The minimum Gasteiger partial charge on any atom is -0.353 e. The van der Waals surface area contributed by atoms with E-state index >= 15 is 0 Å². The van der Waals surface area contributed by atoms with E-state index in [2.05, 4.69) is 10.3 Å². The van der Waals surface area contributed by atoms with Crippen LogP contribution >= 0.6 is 0 Å². The highest BCUT2D eigenvalue weighted by atomic mass is 19.1. The van der Waals surface area contributed by atoms with Gasteiger partial charge in [-0.3, -0.25) is 14.6 Å². The molecule has 1 aromatic heterocycles. The lowest BCUT2D eigenvalue weighted by Crippen LogP contribution is -2.30. The predicted molar refractivity (Wildman–Crippen MR) is 100 cm³/mol. The Morgan fingerprint density at radius 1 is 1.30 bits per heavy atom. The van der Waals surface area contributed by atoms with Gasteiger partial charge in [0.25, 0.3) is 0 Å². The Hall–Kier alpha value is -3.02. The second kappa shape index (κ2) is 7.31. The molecule has 1 saturated heterocycles. The minimum absolute atomic E-state index is 0.0397. The fourth-order valence-electron chi connectivity index (χ4n) is 3.86. The van der Waals surface area contributed by atoms with Crippen molar-refractivity contribution in [1.82, 2.24) is 10.3 Å². The highest BCUT2D eigenvalue weighted by Gasteiger charge is 2.60. The smallest absolute Gasteiger partial charge is 0.244 e. The maximum Gasteiger partial charge on any atom is 0.244 e. The molecule has 2 amide bonds. The van der Waals surface area contributed by atoms with Crippen LogP contribution in [0.25, 0.3) is 6.08 Å². The van der Waals surface area contributed by atoms with Gasteiger partial charge in [0.05, 0.1) is 0 Å². The summed E-state index contributed by atoms with van der Waals surface area (Å²) < 4.78 is 13.0. The van der Waals surface area contributed by atoms with Gasteiger partial charge in [-0.2, -0.15) is 0 Å². The zero-order valence-electron chi connectivity index (χ0n) is 14.7. The van der Waals surface area contributed by atoms with Crippen LogP contribution in [0.5, 0.6) is 0 Å². The molecular weight excluding hydrogens is 345 g/mol. The van der Waals surface area contributed by atoms with Gasteiger partial charge >= 0.3 is 0 Å². The summed E-state index contributed by atoms with van der Waals surface area (Å²) in [6, 6.07) is 9.72. The molecule has 5 nitrogen and oxygen atoms in total. The van der Waals surface area contributed by atoms with E-state index in [0.717, 1.165) is 17.7 Å². The number of rotatable bonds is 6. The van der Waals surface area contributed by atoms with Gasteiger partial charge in [-0.25, -0.2) is 4.39 Å². The molecule has 1 saturated carbocycles. The first kappa shape index (κ1) is 17.4. The van der Waals surface area contributed by atoms with E-state index in [1.165, 1.54) is 18.2 Å². The van der Waals surface area contributed by atoms with Crippen molar-refractivity contribution in [2.24, 2.45) is 17.8 Å². The van der Waals surface area contributed by atoms with Crippen LogP contribution in [0.4, 0.5) is 10.1 Å². The Balaban J connectivity index is 1.22. The van der Waals surface area contributed by atoms with E-state index in [-0.39, 0.29) is 23.5 Å². The van der Waals surface area contributed by atoms with E-state index in [1.54, 1.807) is 35.5 Å². The molecule has 6 heteroatoms. The third kappa shape index (κ3) is 3.74. The number of pyridine rings is 1. The number of nitrogens with zero attached hydrogens (tertiary/aromatic N) is 2. The molecule has 1 aliphatic heterocycles. The molecule has 1 N–H and O–H groups in total. The van der Waals surface area contributed by atoms with Crippen LogP contribution in [-0.2, 0) is 9.59 Å². The molecule has 0 spiro atoms. The minimum atomic E-state index is -0.304. The molecule has 0 bridgehead atoms. The van der Waals surface area contributed by atoms with Crippen LogP contribution < -0.4 is 10.2 Å². The Morgan fingerprint density at radius 2 is 2.11 bits per heavy atom. The Morgan fingerprint density at radius 3 is 2.78 bits per heavy atom. The number of amides is 2. The lowest BCUT2D eigenvalue weighted by molar-refractivity contribution is -0.119. The fourth-order valence-corrected chi connectivity index (χ4v) is 3.86. The molecule has 138 valence electrons. The molecule has 2 fully saturated rings. The fraction of sp³-hybridized carbons (Fsp3) is 0.286. The summed E-state index contributed by atoms with van der Waals surface area (Å²) in [5, 5.41) is 2.86. The third-order valence-electron chi connectivity index (χ3n) is 5.30. The molecule has 1 aromatic carbocycles. The molecule has 3 atom stereocenters. The van der Waals surface area contributed by atoms with Crippen LogP contribution in [-0.4, -0.2) is 29.9 Å². The molecular formula is C21H20FN3O2. The Labute approximate surface area is 156 Å². The van der Waals surface area contributed by atoms with E-state index < -0.39 is 0 Å². The summed E-state index contributed by atoms with van der Waals surface area (Å²) in [7, 11) is 0. The van der Waals surface area contributed by atoms with Gasteiger partial charge in [0, 0.05) is 43.2 Å². The molecule has 27 heavy (non-hydrogen) atoms. The predicted octanol–water partition coefficient (Wildman–Crippen LogP) is 2.65. The number of fused-ring (bicyclic) bond motifs is 1. The molecule has 4 rings (SSSR count). The van der Waals surface area contributed by atoms with Crippen molar-refractivity contribution in [3.63, 3.8) is 0 Å². The van der Waals surface area contributed by atoms with Crippen LogP contribution in [0.2, 0.25) is 0 Å². The lowest BCUT2D eigenvalue weighted by Gasteiger charge is -2.20. The zero-order chi connectivity index (χ0) is 18.8. The van der Waals surface area contributed by atoms with Gasteiger partial charge in [-0.1, -0.05) is 6.07 Å². The monoisotopic (exact) mass is 365 g/mol. The van der Waals surface area contributed by atoms with Crippen LogP contribution in [0.1, 0.15) is 12.0 Å². The standard InChI is InChI=1S/C21H20FN3O2/c22-15-4-6-16(7-5-15)25-13-18-17(20(18)21(25)27)9-11-24-19(26)8-3-14-2-1-10-23-12-14/h1-8,10,12,17-18,20H,9,11,13H2,(H,24,26)/b8-3+/t17-,18-,20+/m0/s1. The van der Waals surface area contributed by atoms with E-state index in [1.807, 2.05) is 12.1 Å². The van der Waals surface area contributed by atoms with Crippen molar-refractivity contribution < 1.29 is 14.0 Å². The molecule has 2 aliphatic rings. The third-order valence-corrected chi connectivity index (χ3v) is 5.30. The number of piperidine rings is 1. The number of nitrogens with one attached hydrogen (secondary N) is 1. The average molecular weight is 365 g/mol. The first-order valence-electron chi connectivity index (χ1n) is 9.06. The Bertz CT molecular complexity index is 867. The van der Waals surface area contributed by atoms with Gasteiger partial charge in [0.15, 0.2) is 0 Å². The van der Waals surface area contributed by atoms with Gasteiger partial charge in [-0.05, 0) is 60.2 Å². The number of benzene rings is 1. The number of halogens is 1. The van der Waals surface area contributed by atoms with Crippen molar-refractivity contribution in [3.05, 3.63) is 66.2 Å². The molecule has 2 heterocycles. The van der Waals surface area contributed by atoms with E-state index in [0.29, 0.717) is 24.9 Å². The van der Waals surface area contributed by atoms with Crippen LogP contribution in [0.3, 0.4) is 0 Å². The number of hydrogen-bond donors (Lipinski definition) is 1. The second-order valence-corrected chi connectivity index (χ2v) is 6.98. The summed E-state index contributed by atoms with van der Waals surface area (Å²) in [5.74, 6) is 0.366. The summed E-state index contributed by atoms with van der Waals surface area (Å²) in [5.41, 5.74) is 1.62. The summed E-state index contributed by atoms with van der Waals surface area (Å²) >= 11 is 0. The van der Waals surface area contributed by atoms with Crippen molar-refractivity contribution >= 4 is 23.6 Å². The number of hydrogen-bond acceptors (Lipinski definition) is 3. The summed E-state index contributed by atoms with van der Waals surface area (Å²) in [4.78, 5) is 30.1. The largest absolute Gasteiger partial charge is 0.353 e. The number of aromatic nitrogens is 1. The van der Waals surface area contributed by atoms with Crippen molar-refractivity contribution in [1.29, 1.82) is 0 Å². The first-order valence-corrected chi connectivity index (χ1v) is 9.06. The summed E-state index contributed by atoms with van der Waals surface area (Å²) in [6.07, 6.45) is 7.38. The van der Waals surface area contributed by atoms with Gasteiger partial charge in [0.2, 0.25) is 11.8 Å². The number of carbonyl (C=O) groups excluding carboxylic acids is 2. The average Bonchev–Trinajstić information content (AvgIpc) is 3.26. The topological polar surface area (TPSA) is 62.3 Å². The molecule has 0 radical (unpaired) electrons. The summed E-state index contributed by atoms with van der Waals surface area (Å²) in [6.45, 7) is 1.23. The first-order chi connectivity index (χ1) is 13.1. The highest BCUT2D eigenvalue weighted by Crippen LogP contribution is 2.54. The normalized spacial score (nSPS) is 23.5. The number of carbonyl (C=O) groups is 2. The number of anilines is 1. The van der Waals surface area contributed by atoms with Crippen LogP contribution in [0, 0.1) is 23.6 Å². The zero-order valence-corrected chi connectivity index (χ0v) is 14.7. The van der Waals surface area contributed by atoms with Crippen molar-refractivity contribution in [2.75, 3.05) is 18.0 Å². The van der Waals surface area contributed by atoms with Crippen molar-refractivity contribution in [3.8, 4) is 0 Å². The van der Waals surface area contributed by atoms with Gasteiger partial charge < -0.3 is 10.2 Å². The van der Waals surface area contributed by atoms with E-state index in [4.69, 9.17) is 0 Å². The molecule has 1 aliphatic carbocycles. The maximum atomic E-state index is 13.0. The SMILES string of the molecule is O=C(/C=C/c1cccnc1)NCC[C@H]1[C@@H]2CN(c3ccc(F)cc3)C(=O)[C@H]12. The van der Waals surface area contributed by atoms with E-state index in [9.17, 15) is 14.0 Å². The highest BCUT2D eigenvalue weighted by molar-refractivity contribution is 6.00. The molecule has 2 aromatic rings. The Kier molecular flexibility index (Phi) is 4.71. The van der Waals surface area contributed by atoms with Crippen LogP contribution in [0.15, 0.2) is 54.9 Å². The quantitative estimate of drug-likeness (QED) is 0.801. The maximum absolute atomic E-state index is 13.0. The second-order valence-electron chi connectivity index (χ2n) is 6.98. The van der Waals surface area contributed by atoms with Gasteiger partial charge in [0.1, 0.15) is 5.82 Å².